The standard InChI is InChI=1S/C27H24OS/c29-26(22-13-5-1-6-14-22)21-28-27(23-15-7-2-8-16-23,24-17-9-3-10-18-24)25-19-11-4-12-20-25/h1-20,26,29H,21H2. The molecule has 0 fully saturated rings. The van der Waals surface area contributed by atoms with Gasteiger partial charge in [0, 0.05) is 0 Å². The molecule has 0 aliphatic rings. The van der Waals surface area contributed by atoms with E-state index in [4.69, 9.17) is 17.4 Å². The largest absolute Gasteiger partial charge is 0.359 e. The Morgan fingerprint density at radius 2 is 0.897 bits per heavy atom. The number of hydrogen-bond donors (Lipinski definition) is 1. The molecule has 144 valence electrons. The maximum absolute atomic E-state index is 6.83. The van der Waals surface area contributed by atoms with Crippen LogP contribution in [-0.2, 0) is 10.3 Å². The fraction of sp³-hybridized carbons (Fsp3) is 0.111. The fourth-order valence-electron chi connectivity index (χ4n) is 3.74. The molecule has 0 amide bonds. The molecule has 0 radical (unpaired) electrons. The lowest BCUT2D eigenvalue weighted by atomic mass is 9.80. The molecule has 1 unspecified atom stereocenters. The van der Waals surface area contributed by atoms with E-state index in [9.17, 15) is 0 Å². The molecule has 0 aromatic heterocycles. The summed E-state index contributed by atoms with van der Waals surface area (Å²) >= 11 is 4.84. The quantitative estimate of drug-likeness (QED) is 0.271. The van der Waals surface area contributed by atoms with Gasteiger partial charge in [-0.15, -0.1) is 0 Å². The molecule has 0 N–H and O–H groups in total. The average molecular weight is 397 g/mol. The van der Waals surface area contributed by atoms with Crippen molar-refractivity contribution in [2.75, 3.05) is 6.61 Å². The Bertz CT molecular complexity index is 905. The van der Waals surface area contributed by atoms with Crippen LogP contribution in [0.15, 0.2) is 121 Å². The van der Waals surface area contributed by atoms with Crippen LogP contribution in [0.3, 0.4) is 0 Å². The number of ether oxygens (including phenoxy) is 1. The minimum Gasteiger partial charge on any atom is -0.359 e. The van der Waals surface area contributed by atoms with Crippen LogP contribution in [0.5, 0.6) is 0 Å². The summed E-state index contributed by atoms with van der Waals surface area (Å²) in [6.07, 6.45) is 0. The molecule has 4 aromatic rings. The van der Waals surface area contributed by atoms with Crippen LogP contribution in [-0.4, -0.2) is 6.61 Å². The monoisotopic (exact) mass is 396 g/mol. The predicted molar refractivity (Wildman–Crippen MR) is 123 cm³/mol. The van der Waals surface area contributed by atoms with Crippen molar-refractivity contribution >= 4 is 12.6 Å². The van der Waals surface area contributed by atoms with Crippen molar-refractivity contribution in [2.45, 2.75) is 10.9 Å². The molecule has 0 saturated heterocycles. The molecular weight excluding hydrogens is 372 g/mol. The number of hydrogen-bond acceptors (Lipinski definition) is 2. The van der Waals surface area contributed by atoms with Crippen molar-refractivity contribution in [3.05, 3.63) is 144 Å². The first-order valence-electron chi connectivity index (χ1n) is 9.84. The second-order valence-electron chi connectivity index (χ2n) is 7.02. The van der Waals surface area contributed by atoms with Crippen molar-refractivity contribution in [1.29, 1.82) is 0 Å². The van der Waals surface area contributed by atoms with Crippen molar-refractivity contribution in [1.82, 2.24) is 0 Å². The second-order valence-corrected chi connectivity index (χ2v) is 7.64. The summed E-state index contributed by atoms with van der Waals surface area (Å²) in [5.74, 6) is 0. The topological polar surface area (TPSA) is 9.23 Å². The molecule has 4 aromatic carbocycles. The van der Waals surface area contributed by atoms with E-state index in [1.807, 2.05) is 36.4 Å². The van der Waals surface area contributed by atoms with Crippen molar-refractivity contribution in [3.8, 4) is 0 Å². The lowest BCUT2D eigenvalue weighted by Crippen LogP contribution is -2.34. The van der Waals surface area contributed by atoms with Crippen molar-refractivity contribution in [2.24, 2.45) is 0 Å². The van der Waals surface area contributed by atoms with Gasteiger partial charge in [0.2, 0.25) is 0 Å². The minimum atomic E-state index is -0.709. The maximum Gasteiger partial charge on any atom is 0.143 e. The Morgan fingerprint density at radius 1 is 0.552 bits per heavy atom. The molecule has 0 aliphatic carbocycles. The minimum absolute atomic E-state index is 0.0216. The first-order valence-corrected chi connectivity index (χ1v) is 10.4. The molecule has 0 saturated carbocycles. The molecule has 4 rings (SSSR count). The van der Waals surface area contributed by atoms with Crippen LogP contribution in [0, 0.1) is 0 Å². The highest BCUT2D eigenvalue weighted by atomic mass is 32.1. The fourth-order valence-corrected chi connectivity index (χ4v) is 3.99. The van der Waals surface area contributed by atoms with Gasteiger partial charge >= 0.3 is 0 Å². The third-order valence-corrected chi connectivity index (χ3v) is 5.63. The normalized spacial score (nSPS) is 12.4. The summed E-state index contributed by atoms with van der Waals surface area (Å²) < 4.78 is 6.83. The van der Waals surface area contributed by atoms with Gasteiger partial charge in [0.25, 0.3) is 0 Å². The van der Waals surface area contributed by atoms with Gasteiger partial charge in [-0.05, 0) is 22.3 Å². The summed E-state index contributed by atoms with van der Waals surface area (Å²) in [4.78, 5) is 0. The van der Waals surface area contributed by atoms with Crippen LogP contribution >= 0.6 is 12.6 Å². The van der Waals surface area contributed by atoms with Crippen LogP contribution in [0.2, 0.25) is 0 Å². The molecule has 0 aliphatic heterocycles. The summed E-state index contributed by atoms with van der Waals surface area (Å²) in [6, 6.07) is 41.6. The van der Waals surface area contributed by atoms with Gasteiger partial charge in [-0.3, -0.25) is 0 Å². The molecule has 0 bridgehead atoms. The van der Waals surface area contributed by atoms with E-state index < -0.39 is 5.60 Å². The molecule has 0 spiro atoms. The molecule has 29 heavy (non-hydrogen) atoms. The van der Waals surface area contributed by atoms with Crippen LogP contribution in [0.1, 0.15) is 27.5 Å². The van der Waals surface area contributed by atoms with E-state index in [1.54, 1.807) is 0 Å². The van der Waals surface area contributed by atoms with Crippen LogP contribution < -0.4 is 0 Å². The van der Waals surface area contributed by atoms with E-state index in [1.165, 1.54) is 0 Å². The van der Waals surface area contributed by atoms with E-state index in [0.29, 0.717) is 6.61 Å². The molecule has 2 heteroatoms. The Hall–Kier alpha value is -2.81. The zero-order valence-corrected chi connectivity index (χ0v) is 17.1. The summed E-state index contributed by atoms with van der Waals surface area (Å²) in [5, 5.41) is -0.0216. The van der Waals surface area contributed by atoms with Gasteiger partial charge in [0.05, 0.1) is 11.9 Å². The molecule has 1 nitrogen and oxygen atoms in total. The third kappa shape index (κ3) is 4.14. The SMILES string of the molecule is SC(COC(c1ccccc1)(c1ccccc1)c1ccccc1)c1ccccc1. The summed E-state index contributed by atoms with van der Waals surface area (Å²) in [6.45, 7) is 0.478. The second kappa shape index (κ2) is 9.13. The van der Waals surface area contributed by atoms with Crippen molar-refractivity contribution < 1.29 is 4.74 Å². The predicted octanol–water partition coefficient (Wildman–Crippen LogP) is 6.67. The van der Waals surface area contributed by atoms with Gasteiger partial charge in [0.15, 0.2) is 0 Å². The molecular formula is C27H24OS. The Kier molecular flexibility index (Phi) is 6.14. The van der Waals surface area contributed by atoms with E-state index in [0.717, 1.165) is 22.3 Å². The van der Waals surface area contributed by atoms with E-state index in [-0.39, 0.29) is 5.25 Å². The van der Waals surface area contributed by atoms with Crippen molar-refractivity contribution in [3.63, 3.8) is 0 Å². The third-order valence-electron chi connectivity index (χ3n) is 5.18. The first kappa shape index (κ1) is 19.5. The maximum atomic E-state index is 6.83. The highest BCUT2D eigenvalue weighted by molar-refractivity contribution is 7.80. The lowest BCUT2D eigenvalue weighted by Gasteiger charge is -2.36. The summed E-state index contributed by atoms with van der Waals surface area (Å²) in [5.41, 5.74) is 3.75. The van der Waals surface area contributed by atoms with Crippen LogP contribution in [0.25, 0.3) is 0 Å². The average Bonchev–Trinajstić information content (AvgIpc) is 2.82. The number of rotatable bonds is 7. The number of thiol groups is 1. The van der Waals surface area contributed by atoms with Gasteiger partial charge in [-0.25, -0.2) is 0 Å². The van der Waals surface area contributed by atoms with E-state index >= 15 is 0 Å². The molecule has 0 heterocycles. The first-order chi connectivity index (χ1) is 14.3. The molecule has 1 atom stereocenters. The Morgan fingerprint density at radius 3 is 1.28 bits per heavy atom. The Balaban J connectivity index is 1.82. The van der Waals surface area contributed by atoms with Gasteiger partial charge in [-0.1, -0.05) is 121 Å². The van der Waals surface area contributed by atoms with Gasteiger partial charge < -0.3 is 4.74 Å². The Labute approximate surface area is 178 Å². The van der Waals surface area contributed by atoms with E-state index in [2.05, 4.69) is 84.9 Å². The van der Waals surface area contributed by atoms with Gasteiger partial charge in [0.1, 0.15) is 5.60 Å². The smallest absolute Gasteiger partial charge is 0.143 e. The zero-order valence-electron chi connectivity index (χ0n) is 16.2. The lowest BCUT2D eigenvalue weighted by molar-refractivity contribution is 0.0138. The van der Waals surface area contributed by atoms with Crippen LogP contribution in [0.4, 0.5) is 0 Å². The number of benzene rings is 4. The zero-order chi connectivity index (χ0) is 19.9. The van der Waals surface area contributed by atoms with Gasteiger partial charge in [-0.2, -0.15) is 12.6 Å². The summed E-state index contributed by atoms with van der Waals surface area (Å²) in [7, 11) is 0. The highest BCUT2D eigenvalue weighted by Gasteiger charge is 2.37. The highest BCUT2D eigenvalue weighted by Crippen LogP contribution is 2.41.